The van der Waals surface area contributed by atoms with Crippen LogP contribution in [0.1, 0.15) is 48.9 Å². The first-order valence-electron chi connectivity index (χ1n) is 7.87. The van der Waals surface area contributed by atoms with Crippen molar-refractivity contribution in [1.29, 1.82) is 0 Å². The predicted molar refractivity (Wildman–Crippen MR) is 86.7 cm³/mol. The van der Waals surface area contributed by atoms with Gasteiger partial charge in [-0.3, -0.25) is 25.0 Å². The summed E-state index contributed by atoms with van der Waals surface area (Å²) in [7, 11) is 0. The van der Waals surface area contributed by atoms with Crippen LogP contribution in [0.25, 0.3) is 0 Å². The molecule has 0 saturated heterocycles. The standard InChI is InChI=1S/C15H20N4O5/c16-11-3-1-2-4-12(6-5-11)17-15(20)10-7-13(18(21)22)9-14(8-10)19(23)24/h7-9,11-12H,1-6,16H2,(H,17,20). The Labute approximate surface area is 138 Å². The third-order valence-corrected chi connectivity index (χ3v) is 4.19. The number of carbonyl (C=O) groups is 1. The molecule has 1 fully saturated rings. The van der Waals surface area contributed by atoms with Crippen LogP contribution in [-0.4, -0.2) is 27.8 Å². The normalized spacial score (nSPS) is 21.4. The van der Waals surface area contributed by atoms with Crippen LogP contribution in [-0.2, 0) is 0 Å². The van der Waals surface area contributed by atoms with Gasteiger partial charge in [0, 0.05) is 24.2 Å². The highest BCUT2D eigenvalue weighted by Crippen LogP contribution is 2.23. The van der Waals surface area contributed by atoms with Gasteiger partial charge in [0.15, 0.2) is 0 Å². The lowest BCUT2D eigenvalue weighted by atomic mass is 9.93. The number of carbonyl (C=O) groups excluding carboxylic acids is 1. The van der Waals surface area contributed by atoms with Crippen molar-refractivity contribution in [1.82, 2.24) is 5.32 Å². The highest BCUT2D eigenvalue weighted by Gasteiger charge is 2.22. The Morgan fingerprint density at radius 3 is 2.17 bits per heavy atom. The van der Waals surface area contributed by atoms with E-state index >= 15 is 0 Å². The van der Waals surface area contributed by atoms with E-state index < -0.39 is 27.1 Å². The molecule has 3 N–H and O–H groups in total. The fourth-order valence-electron chi connectivity index (χ4n) is 2.85. The Morgan fingerprint density at radius 1 is 1.00 bits per heavy atom. The van der Waals surface area contributed by atoms with E-state index in [0.29, 0.717) is 0 Å². The van der Waals surface area contributed by atoms with Crippen molar-refractivity contribution in [3.8, 4) is 0 Å². The highest BCUT2D eigenvalue weighted by molar-refractivity contribution is 5.95. The molecule has 0 aliphatic heterocycles. The van der Waals surface area contributed by atoms with Gasteiger partial charge >= 0.3 is 0 Å². The lowest BCUT2D eigenvalue weighted by molar-refractivity contribution is -0.394. The second-order valence-electron chi connectivity index (χ2n) is 6.04. The summed E-state index contributed by atoms with van der Waals surface area (Å²) in [5.41, 5.74) is 4.92. The molecule has 1 amide bonds. The van der Waals surface area contributed by atoms with Gasteiger partial charge in [-0.1, -0.05) is 12.8 Å². The minimum Gasteiger partial charge on any atom is -0.349 e. The van der Waals surface area contributed by atoms with Gasteiger partial charge in [0.05, 0.1) is 21.5 Å². The number of nitrogens with two attached hydrogens (primary N) is 1. The molecule has 24 heavy (non-hydrogen) atoms. The number of amides is 1. The van der Waals surface area contributed by atoms with Crippen molar-refractivity contribution < 1.29 is 14.6 Å². The molecule has 2 atom stereocenters. The minimum absolute atomic E-state index is 0.0812. The quantitative estimate of drug-likeness (QED) is 0.638. The van der Waals surface area contributed by atoms with Gasteiger partial charge in [-0.25, -0.2) is 0 Å². The molecule has 1 aliphatic carbocycles. The van der Waals surface area contributed by atoms with Crippen molar-refractivity contribution in [2.45, 2.75) is 50.6 Å². The maximum Gasteiger partial charge on any atom is 0.277 e. The zero-order valence-corrected chi connectivity index (χ0v) is 13.1. The number of nitro groups is 2. The Balaban J connectivity index is 2.16. The van der Waals surface area contributed by atoms with Crippen LogP contribution in [0.5, 0.6) is 0 Å². The second-order valence-corrected chi connectivity index (χ2v) is 6.04. The van der Waals surface area contributed by atoms with E-state index in [2.05, 4.69) is 5.32 Å². The maximum atomic E-state index is 12.4. The molecule has 9 nitrogen and oxygen atoms in total. The monoisotopic (exact) mass is 336 g/mol. The first-order chi connectivity index (χ1) is 11.4. The van der Waals surface area contributed by atoms with E-state index in [0.717, 1.165) is 56.7 Å². The molecule has 9 heteroatoms. The summed E-state index contributed by atoms with van der Waals surface area (Å²) in [5, 5.41) is 24.6. The average Bonchev–Trinajstić information content (AvgIpc) is 2.53. The number of non-ortho nitro benzene ring substituents is 2. The largest absolute Gasteiger partial charge is 0.349 e. The molecule has 0 heterocycles. The molecule has 0 radical (unpaired) electrons. The zero-order chi connectivity index (χ0) is 17.7. The van der Waals surface area contributed by atoms with E-state index in [4.69, 9.17) is 5.73 Å². The lowest BCUT2D eigenvalue weighted by Crippen LogP contribution is -2.37. The predicted octanol–water partition coefficient (Wildman–Crippen LogP) is 2.28. The SMILES string of the molecule is NC1CCCCC(NC(=O)c2cc([N+](=O)[O-])cc([N+](=O)[O-])c2)CC1. The molecule has 2 unspecified atom stereocenters. The molecule has 0 bridgehead atoms. The molecule has 1 aromatic rings. The molecule has 0 aromatic heterocycles. The smallest absolute Gasteiger partial charge is 0.277 e. The Morgan fingerprint density at radius 2 is 1.58 bits per heavy atom. The fraction of sp³-hybridized carbons (Fsp3) is 0.533. The van der Waals surface area contributed by atoms with Gasteiger partial charge < -0.3 is 11.1 Å². The van der Waals surface area contributed by atoms with Crippen LogP contribution in [0, 0.1) is 20.2 Å². The fourth-order valence-corrected chi connectivity index (χ4v) is 2.85. The lowest BCUT2D eigenvalue weighted by Gasteiger charge is -2.23. The Bertz CT molecular complexity index is 617. The van der Waals surface area contributed by atoms with Crippen LogP contribution < -0.4 is 11.1 Å². The van der Waals surface area contributed by atoms with Crippen molar-refractivity contribution in [3.63, 3.8) is 0 Å². The molecule has 0 spiro atoms. The summed E-state index contributed by atoms with van der Waals surface area (Å²) in [6.07, 6.45) is 5.22. The Hall–Kier alpha value is -2.55. The van der Waals surface area contributed by atoms with Crippen LogP contribution in [0.2, 0.25) is 0 Å². The van der Waals surface area contributed by atoms with E-state index in [1.54, 1.807) is 0 Å². The van der Waals surface area contributed by atoms with Gasteiger partial charge in [-0.2, -0.15) is 0 Å². The number of benzene rings is 1. The Kier molecular flexibility index (Phi) is 5.80. The number of nitro benzene ring substituents is 2. The molecule has 2 rings (SSSR count). The van der Waals surface area contributed by atoms with Crippen molar-refractivity contribution in [2.75, 3.05) is 0 Å². The molecule has 1 aromatic carbocycles. The van der Waals surface area contributed by atoms with Gasteiger partial charge in [-0.05, 0) is 25.7 Å². The third-order valence-electron chi connectivity index (χ3n) is 4.19. The number of hydrogen-bond acceptors (Lipinski definition) is 6. The molecule has 1 saturated carbocycles. The van der Waals surface area contributed by atoms with Gasteiger partial charge in [0.1, 0.15) is 0 Å². The summed E-state index contributed by atoms with van der Waals surface area (Å²) in [6.45, 7) is 0. The number of hydrogen-bond donors (Lipinski definition) is 2. The molecular weight excluding hydrogens is 316 g/mol. The van der Waals surface area contributed by atoms with Gasteiger partial charge in [-0.15, -0.1) is 0 Å². The van der Waals surface area contributed by atoms with Crippen LogP contribution in [0.4, 0.5) is 11.4 Å². The third kappa shape index (κ3) is 4.72. The minimum atomic E-state index is -0.751. The summed E-state index contributed by atoms with van der Waals surface area (Å²) in [4.78, 5) is 32.6. The summed E-state index contributed by atoms with van der Waals surface area (Å²) in [5.74, 6) is -0.541. The summed E-state index contributed by atoms with van der Waals surface area (Å²) >= 11 is 0. The van der Waals surface area contributed by atoms with E-state index in [1.807, 2.05) is 0 Å². The molecule has 1 aliphatic rings. The van der Waals surface area contributed by atoms with E-state index in [-0.39, 0.29) is 17.6 Å². The number of rotatable bonds is 4. The number of nitrogens with zero attached hydrogens (tertiary/aromatic N) is 2. The van der Waals surface area contributed by atoms with Crippen molar-refractivity contribution in [3.05, 3.63) is 44.0 Å². The maximum absolute atomic E-state index is 12.4. The highest BCUT2D eigenvalue weighted by atomic mass is 16.6. The van der Waals surface area contributed by atoms with Crippen molar-refractivity contribution in [2.24, 2.45) is 5.73 Å². The topological polar surface area (TPSA) is 141 Å². The van der Waals surface area contributed by atoms with Gasteiger partial charge in [0.2, 0.25) is 0 Å². The first-order valence-corrected chi connectivity index (χ1v) is 7.87. The average molecular weight is 336 g/mol. The van der Waals surface area contributed by atoms with Crippen LogP contribution >= 0.6 is 0 Å². The molecule has 130 valence electrons. The molecular formula is C15H20N4O5. The van der Waals surface area contributed by atoms with E-state index in [1.165, 1.54) is 0 Å². The van der Waals surface area contributed by atoms with Crippen molar-refractivity contribution >= 4 is 17.3 Å². The number of nitrogens with one attached hydrogen (secondary N) is 1. The van der Waals surface area contributed by atoms with Crippen LogP contribution in [0.15, 0.2) is 18.2 Å². The van der Waals surface area contributed by atoms with Gasteiger partial charge in [0.25, 0.3) is 17.3 Å². The zero-order valence-electron chi connectivity index (χ0n) is 13.1. The van der Waals surface area contributed by atoms with Crippen LogP contribution in [0.3, 0.4) is 0 Å². The summed E-state index contributed by atoms with van der Waals surface area (Å²) in [6, 6.07) is 2.98. The van der Waals surface area contributed by atoms with E-state index in [9.17, 15) is 25.0 Å². The summed E-state index contributed by atoms with van der Waals surface area (Å²) < 4.78 is 0. The first kappa shape index (κ1) is 17.8. The second kappa shape index (κ2) is 7.82.